The van der Waals surface area contributed by atoms with Gasteiger partial charge < -0.3 is 24.2 Å². The monoisotopic (exact) mass is 301 g/mol. The zero-order valence-electron chi connectivity index (χ0n) is 13.3. The third-order valence-electron chi connectivity index (χ3n) is 3.43. The molecular weight excluding hydrogens is 274 g/mol. The highest BCUT2D eigenvalue weighted by Gasteiger charge is 2.36. The van der Waals surface area contributed by atoms with Gasteiger partial charge in [0.25, 0.3) is 0 Å². The van der Waals surface area contributed by atoms with Crippen molar-refractivity contribution in [2.24, 2.45) is 5.92 Å². The molecular formula is C15H27NO5. The summed E-state index contributed by atoms with van der Waals surface area (Å²) in [5, 5.41) is 10.6. The second-order valence-corrected chi connectivity index (χ2v) is 7.14. The van der Waals surface area contributed by atoms with Crippen molar-refractivity contribution in [1.29, 1.82) is 0 Å². The summed E-state index contributed by atoms with van der Waals surface area (Å²) in [6, 6.07) is 0. The fourth-order valence-electron chi connectivity index (χ4n) is 2.19. The van der Waals surface area contributed by atoms with E-state index in [0.29, 0.717) is 25.7 Å². The number of carbonyl (C=O) groups excluding carboxylic acids is 1. The second-order valence-electron chi connectivity index (χ2n) is 7.14. The van der Waals surface area contributed by atoms with Crippen molar-refractivity contribution >= 4 is 6.09 Å². The number of β-amino-alcohol motifs (C(OH)–C–C–N with tert-alkyl or cyclic N) is 1. The first kappa shape index (κ1) is 16.5. The highest BCUT2D eigenvalue weighted by molar-refractivity contribution is 5.68. The molecule has 0 spiro atoms. The molecule has 0 aromatic carbocycles. The van der Waals surface area contributed by atoms with Crippen molar-refractivity contribution in [1.82, 2.24) is 4.90 Å². The van der Waals surface area contributed by atoms with Gasteiger partial charge in [-0.25, -0.2) is 4.79 Å². The largest absolute Gasteiger partial charge is 0.444 e. The molecule has 1 aliphatic heterocycles. The van der Waals surface area contributed by atoms with Crippen molar-refractivity contribution in [2.75, 3.05) is 39.5 Å². The van der Waals surface area contributed by atoms with E-state index in [0.717, 1.165) is 0 Å². The van der Waals surface area contributed by atoms with Gasteiger partial charge in [-0.15, -0.1) is 0 Å². The zero-order chi connectivity index (χ0) is 15.5. The van der Waals surface area contributed by atoms with Crippen LogP contribution in [-0.2, 0) is 14.2 Å². The number of aliphatic hydroxyl groups is 1. The van der Waals surface area contributed by atoms with Crippen LogP contribution >= 0.6 is 0 Å². The summed E-state index contributed by atoms with van der Waals surface area (Å²) in [5.74, 6) is 0.641. The van der Waals surface area contributed by atoms with Crippen LogP contribution in [0.15, 0.2) is 0 Å². The number of hydrogen-bond acceptors (Lipinski definition) is 5. The molecule has 6 nitrogen and oxygen atoms in total. The van der Waals surface area contributed by atoms with Gasteiger partial charge in [0.05, 0.1) is 26.4 Å². The van der Waals surface area contributed by atoms with Crippen LogP contribution in [0.4, 0.5) is 4.79 Å². The topological polar surface area (TPSA) is 68.2 Å². The first-order valence-electron chi connectivity index (χ1n) is 7.63. The van der Waals surface area contributed by atoms with E-state index < -0.39 is 17.3 Å². The first-order chi connectivity index (χ1) is 9.77. The highest BCUT2D eigenvalue weighted by atomic mass is 16.6. The van der Waals surface area contributed by atoms with Gasteiger partial charge >= 0.3 is 6.09 Å². The molecule has 0 aromatic heterocycles. The van der Waals surface area contributed by atoms with Gasteiger partial charge in [-0.1, -0.05) is 0 Å². The normalized spacial score (nSPS) is 27.3. The number of hydrogen-bond donors (Lipinski definition) is 1. The SMILES string of the molecule is CC(C)(C)OC(=O)N1CCOCC(O)(COCC2CC2)C1. The summed E-state index contributed by atoms with van der Waals surface area (Å²) in [6.07, 6.45) is 1.99. The Morgan fingerprint density at radius 1 is 1.43 bits per heavy atom. The summed E-state index contributed by atoms with van der Waals surface area (Å²) in [6.45, 7) is 7.49. The van der Waals surface area contributed by atoms with Crippen LogP contribution in [0.2, 0.25) is 0 Å². The summed E-state index contributed by atoms with van der Waals surface area (Å²) >= 11 is 0. The fourth-order valence-corrected chi connectivity index (χ4v) is 2.19. The molecule has 0 aromatic rings. The van der Waals surface area contributed by atoms with E-state index in [1.165, 1.54) is 17.7 Å². The summed E-state index contributed by atoms with van der Waals surface area (Å²) in [4.78, 5) is 13.6. The molecule has 1 amide bonds. The smallest absolute Gasteiger partial charge is 0.410 e. The molecule has 1 saturated heterocycles. The Balaban J connectivity index is 1.87. The number of rotatable bonds is 4. The minimum absolute atomic E-state index is 0.173. The molecule has 122 valence electrons. The quantitative estimate of drug-likeness (QED) is 0.850. The molecule has 6 heteroatoms. The predicted molar refractivity (Wildman–Crippen MR) is 77.1 cm³/mol. The Morgan fingerprint density at radius 3 is 2.76 bits per heavy atom. The number of amides is 1. The zero-order valence-corrected chi connectivity index (χ0v) is 13.3. The molecule has 2 rings (SSSR count). The summed E-state index contributed by atoms with van der Waals surface area (Å²) in [7, 11) is 0. The van der Waals surface area contributed by atoms with E-state index in [2.05, 4.69) is 0 Å². The lowest BCUT2D eigenvalue weighted by Gasteiger charge is -2.32. The molecule has 1 aliphatic carbocycles. The Labute approximate surface area is 126 Å². The average molecular weight is 301 g/mol. The lowest BCUT2D eigenvalue weighted by Crippen LogP contribution is -2.50. The van der Waals surface area contributed by atoms with Crippen LogP contribution in [0.5, 0.6) is 0 Å². The third kappa shape index (κ3) is 5.80. The van der Waals surface area contributed by atoms with Crippen LogP contribution in [0.3, 0.4) is 0 Å². The minimum Gasteiger partial charge on any atom is -0.444 e. The molecule has 1 unspecified atom stereocenters. The van der Waals surface area contributed by atoms with Gasteiger partial charge in [-0.3, -0.25) is 0 Å². The van der Waals surface area contributed by atoms with Crippen molar-refractivity contribution in [3.05, 3.63) is 0 Å². The van der Waals surface area contributed by atoms with Crippen LogP contribution in [-0.4, -0.2) is 66.8 Å². The molecule has 2 fully saturated rings. The lowest BCUT2D eigenvalue weighted by atomic mass is 10.1. The van der Waals surface area contributed by atoms with Gasteiger partial charge in [0, 0.05) is 13.2 Å². The van der Waals surface area contributed by atoms with Gasteiger partial charge in [0.15, 0.2) is 0 Å². The van der Waals surface area contributed by atoms with Crippen molar-refractivity contribution < 1.29 is 24.1 Å². The summed E-state index contributed by atoms with van der Waals surface area (Å²) in [5.41, 5.74) is -1.72. The van der Waals surface area contributed by atoms with Crippen molar-refractivity contribution in [3.8, 4) is 0 Å². The molecule has 1 atom stereocenters. The van der Waals surface area contributed by atoms with Crippen molar-refractivity contribution in [2.45, 2.75) is 44.8 Å². The Bertz CT molecular complexity index is 364. The summed E-state index contributed by atoms with van der Waals surface area (Å²) < 4.78 is 16.3. The second kappa shape index (κ2) is 6.50. The van der Waals surface area contributed by atoms with E-state index in [-0.39, 0.29) is 19.8 Å². The van der Waals surface area contributed by atoms with Crippen LogP contribution in [0.25, 0.3) is 0 Å². The van der Waals surface area contributed by atoms with E-state index >= 15 is 0 Å². The van der Waals surface area contributed by atoms with E-state index in [1.54, 1.807) is 0 Å². The average Bonchev–Trinajstić information content (AvgIpc) is 3.15. The standard InChI is InChI=1S/C15H27NO5/c1-14(2,3)21-13(17)16-6-7-19-10-15(18,9-16)11-20-8-12-4-5-12/h12,18H,4-11H2,1-3H3. The van der Waals surface area contributed by atoms with Gasteiger partial charge in [-0.05, 0) is 39.5 Å². The van der Waals surface area contributed by atoms with Crippen LogP contribution in [0.1, 0.15) is 33.6 Å². The Kier molecular flexibility index (Phi) is 5.11. The van der Waals surface area contributed by atoms with E-state index in [1.807, 2.05) is 20.8 Å². The number of ether oxygens (including phenoxy) is 3. The molecule has 2 aliphatic rings. The van der Waals surface area contributed by atoms with Crippen LogP contribution < -0.4 is 0 Å². The lowest BCUT2D eigenvalue weighted by molar-refractivity contribution is -0.0918. The molecule has 0 bridgehead atoms. The molecule has 1 heterocycles. The predicted octanol–water partition coefficient (Wildman–Crippen LogP) is 1.41. The van der Waals surface area contributed by atoms with Crippen molar-refractivity contribution in [3.63, 3.8) is 0 Å². The molecule has 1 saturated carbocycles. The number of nitrogens with zero attached hydrogens (tertiary/aromatic N) is 1. The maximum Gasteiger partial charge on any atom is 0.410 e. The van der Waals surface area contributed by atoms with Gasteiger partial charge in [0.2, 0.25) is 0 Å². The van der Waals surface area contributed by atoms with Gasteiger partial charge in [0.1, 0.15) is 11.2 Å². The minimum atomic E-state index is -1.16. The number of carbonyl (C=O) groups is 1. The molecule has 21 heavy (non-hydrogen) atoms. The fraction of sp³-hybridized carbons (Fsp3) is 0.933. The maximum absolute atomic E-state index is 12.1. The van der Waals surface area contributed by atoms with Crippen LogP contribution in [0, 0.1) is 5.92 Å². The first-order valence-corrected chi connectivity index (χ1v) is 7.63. The van der Waals surface area contributed by atoms with E-state index in [4.69, 9.17) is 14.2 Å². The Hall–Kier alpha value is -0.850. The Morgan fingerprint density at radius 2 is 2.14 bits per heavy atom. The maximum atomic E-state index is 12.1. The molecule has 1 N–H and O–H groups in total. The highest BCUT2D eigenvalue weighted by Crippen LogP contribution is 2.29. The third-order valence-corrected chi connectivity index (χ3v) is 3.43. The van der Waals surface area contributed by atoms with Gasteiger partial charge in [-0.2, -0.15) is 0 Å². The van der Waals surface area contributed by atoms with E-state index in [9.17, 15) is 9.90 Å². The molecule has 0 radical (unpaired) electrons.